The van der Waals surface area contributed by atoms with Crippen molar-refractivity contribution in [1.82, 2.24) is 10.6 Å². The number of nitrogens with zero attached hydrogens (tertiary/aromatic N) is 1. The van der Waals surface area contributed by atoms with Gasteiger partial charge in [-0.1, -0.05) is 30.3 Å². The van der Waals surface area contributed by atoms with Crippen LogP contribution in [0.15, 0.2) is 35.3 Å². The van der Waals surface area contributed by atoms with Gasteiger partial charge < -0.3 is 15.4 Å². The molecule has 0 fully saturated rings. The summed E-state index contributed by atoms with van der Waals surface area (Å²) in [7, 11) is 1.74. The van der Waals surface area contributed by atoms with Gasteiger partial charge in [-0.25, -0.2) is 0 Å². The van der Waals surface area contributed by atoms with Crippen molar-refractivity contribution in [2.24, 2.45) is 4.99 Å². The van der Waals surface area contributed by atoms with Crippen LogP contribution in [0.5, 0.6) is 0 Å². The number of guanidine groups is 1. The molecule has 0 saturated heterocycles. The van der Waals surface area contributed by atoms with E-state index in [9.17, 15) is 4.79 Å². The molecular weight excluding hydrogens is 393 g/mol. The molecule has 124 valence electrons. The number of aliphatic imine (C=N–C) groups is 1. The van der Waals surface area contributed by atoms with Crippen molar-refractivity contribution >= 4 is 35.9 Å². The van der Waals surface area contributed by atoms with Gasteiger partial charge in [0.1, 0.15) is 0 Å². The molecule has 0 spiro atoms. The normalized spacial score (nSPS) is 10.5. The molecule has 1 aromatic carbocycles. The standard InChI is InChI=1S/C16H25N3O2.HI/c1-3-21-15(20)10-7-12-18-16(17-2)19-13-11-14-8-5-4-6-9-14;/h4-6,8-9H,3,7,10-13H2,1-2H3,(H2,17,18,19);1H. The van der Waals surface area contributed by atoms with Gasteiger partial charge in [-0.3, -0.25) is 9.79 Å². The van der Waals surface area contributed by atoms with Gasteiger partial charge in [0, 0.05) is 26.6 Å². The number of esters is 1. The number of hydrogen-bond donors (Lipinski definition) is 2. The molecule has 0 radical (unpaired) electrons. The topological polar surface area (TPSA) is 62.7 Å². The molecule has 0 saturated carbocycles. The van der Waals surface area contributed by atoms with Crippen LogP contribution in [0.1, 0.15) is 25.3 Å². The van der Waals surface area contributed by atoms with Crippen molar-refractivity contribution < 1.29 is 9.53 Å². The van der Waals surface area contributed by atoms with E-state index < -0.39 is 0 Å². The summed E-state index contributed by atoms with van der Waals surface area (Å²) in [6.07, 6.45) is 2.12. The van der Waals surface area contributed by atoms with E-state index >= 15 is 0 Å². The maximum Gasteiger partial charge on any atom is 0.305 e. The summed E-state index contributed by atoms with van der Waals surface area (Å²) in [5.74, 6) is 0.612. The first kappa shape index (κ1) is 20.7. The van der Waals surface area contributed by atoms with Gasteiger partial charge >= 0.3 is 5.97 Å². The first-order valence-corrected chi connectivity index (χ1v) is 7.40. The van der Waals surface area contributed by atoms with E-state index in [0.29, 0.717) is 19.6 Å². The second-order valence-corrected chi connectivity index (χ2v) is 4.57. The smallest absolute Gasteiger partial charge is 0.305 e. The lowest BCUT2D eigenvalue weighted by molar-refractivity contribution is -0.143. The van der Waals surface area contributed by atoms with E-state index in [1.165, 1.54) is 5.56 Å². The van der Waals surface area contributed by atoms with Crippen molar-refractivity contribution in [2.45, 2.75) is 26.2 Å². The van der Waals surface area contributed by atoms with E-state index in [0.717, 1.165) is 25.3 Å². The molecule has 0 heterocycles. The second kappa shape index (κ2) is 13.4. The van der Waals surface area contributed by atoms with Gasteiger partial charge in [0.05, 0.1) is 6.61 Å². The Morgan fingerprint density at radius 1 is 1.18 bits per heavy atom. The molecule has 0 aliphatic rings. The van der Waals surface area contributed by atoms with Crippen LogP contribution in [-0.2, 0) is 16.0 Å². The van der Waals surface area contributed by atoms with Gasteiger partial charge in [-0.2, -0.15) is 0 Å². The molecule has 6 heteroatoms. The van der Waals surface area contributed by atoms with E-state index in [2.05, 4.69) is 27.8 Å². The molecule has 0 bridgehead atoms. The highest BCUT2D eigenvalue weighted by Crippen LogP contribution is 1.98. The van der Waals surface area contributed by atoms with E-state index in [4.69, 9.17) is 4.74 Å². The van der Waals surface area contributed by atoms with Crippen LogP contribution in [0.4, 0.5) is 0 Å². The van der Waals surface area contributed by atoms with E-state index in [-0.39, 0.29) is 29.9 Å². The number of ether oxygens (including phenoxy) is 1. The molecule has 22 heavy (non-hydrogen) atoms. The Morgan fingerprint density at radius 3 is 2.50 bits per heavy atom. The highest BCUT2D eigenvalue weighted by Gasteiger charge is 2.02. The summed E-state index contributed by atoms with van der Waals surface area (Å²) in [5.41, 5.74) is 1.29. The zero-order valence-electron chi connectivity index (χ0n) is 13.3. The molecular formula is C16H26IN3O2. The summed E-state index contributed by atoms with van der Waals surface area (Å²) in [5, 5.41) is 6.44. The zero-order chi connectivity index (χ0) is 15.3. The number of rotatable bonds is 8. The quantitative estimate of drug-likeness (QED) is 0.223. The highest BCUT2D eigenvalue weighted by atomic mass is 127. The Morgan fingerprint density at radius 2 is 1.86 bits per heavy atom. The van der Waals surface area contributed by atoms with Crippen LogP contribution in [0.2, 0.25) is 0 Å². The minimum absolute atomic E-state index is 0. The number of carbonyl (C=O) groups is 1. The lowest BCUT2D eigenvalue weighted by Gasteiger charge is -2.11. The fourth-order valence-electron chi connectivity index (χ4n) is 1.86. The lowest BCUT2D eigenvalue weighted by Crippen LogP contribution is -2.38. The van der Waals surface area contributed by atoms with Crippen LogP contribution >= 0.6 is 24.0 Å². The molecule has 0 unspecified atom stereocenters. The summed E-state index contributed by atoms with van der Waals surface area (Å²) >= 11 is 0. The number of benzene rings is 1. The first-order chi connectivity index (χ1) is 10.3. The van der Waals surface area contributed by atoms with Crippen molar-refractivity contribution in [1.29, 1.82) is 0 Å². The van der Waals surface area contributed by atoms with Crippen LogP contribution in [-0.4, -0.2) is 38.7 Å². The number of nitrogens with one attached hydrogen (secondary N) is 2. The monoisotopic (exact) mass is 419 g/mol. The minimum Gasteiger partial charge on any atom is -0.466 e. The molecule has 0 aliphatic heterocycles. The third-order valence-corrected chi connectivity index (χ3v) is 2.93. The first-order valence-electron chi connectivity index (χ1n) is 7.40. The van der Waals surface area contributed by atoms with Gasteiger partial charge in [-0.15, -0.1) is 24.0 Å². The summed E-state index contributed by atoms with van der Waals surface area (Å²) in [6.45, 7) is 3.77. The minimum atomic E-state index is -0.147. The van der Waals surface area contributed by atoms with Crippen molar-refractivity contribution in [2.75, 3.05) is 26.7 Å². The van der Waals surface area contributed by atoms with Crippen LogP contribution in [0.25, 0.3) is 0 Å². The van der Waals surface area contributed by atoms with Crippen LogP contribution in [0.3, 0.4) is 0 Å². The molecule has 5 nitrogen and oxygen atoms in total. The fourth-order valence-corrected chi connectivity index (χ4v) is 1.86. The molecule has 1 aromatic rings. The van der Waals surface area contributed by atoms with E-state index in [1.807, 2.05) is 25.1 Å². The molecule has 0 atom stereocenters. The van der Waals surface area contributed by atoms with Crippen molar-refractivity contribution in [3.05, 3.63) is 35.9 Å². The van der Waals surface area contributed by atoms with Gasteiger partial charge in [-0.05, 0) is 25.3 Å². The van der Waals surface area contributed by atoms with Crippen LogP contribution < -0.4 is 10.6 Å². The average Bonchev–Trinajstić information content (AvgIpc) is 2.51. The second-order valence-electron chi connectivity index (χ2n) is 4.57. The van der Waals surface area contributed by atoms with Gasteiger partial charge in [0.25, 0.3) is 0 Å². The number of carbonyl (C=O) groups excluding carboxylic acids is 1. The Balaban J connectivity index is 0.00000441. The zero-order valence-corrected chi connectivity index (χ0v) is 15.6. The van der Waals surface area contributed by atoms with Crippen molar-refractivity contribution in [3.63, 3.8) is 0 Å². The third kappa shape index (κ3) is 9.59. The summed E-state index contributed by atoms with van der Waals surface area (Å²) in [4.78, 5) is 15.3. The molecule has 0 aliphatic carbocycles. The average molecular weight is 419 g/mol. The van der Waals surface area contributed by atoms with E-state index in [1.54, 1.807) is 7.05 Å². The van der Waals surface area contributed by atoms with Crippen LogP contribution in [0, 0.1) is 0 Å². The predicted molar refractivity (Wildman–Crippen MR) is 101 cm³/mol. The number of hydrogen-bond acceptors (Lipinski definition) is 3. The Kier molecular flexibility index (Phi) is 12.6. The fraction of sp³-hybridized carbons (Fsp3) is 0.500. The lowest BCUT2D eigenvalue weighted by atomic mass is 10.1. The predicted octanol–water partition coefficient (Wildman–Crippen LogP) is 2.36. The largest absolute Gasteiger partial charge is 0.466 e. The van der Waals surface area contributed by atoms with Gasteiger partial charge in [0.2, 0.25) is 0 Å². The maximum absolute atomic E-state index is 11.2. The molecule has 0 aromatic heterocycles. The van der Waals surface area contributed by atoms with Gasteiger partial charge in [0.15, 0.2) is 5.96 Å². The Hall–Kier alpha value is -1.31. The van der Waals surface area contributed by atoms with Crippen molar-refractivity contribution in [3.8, 4) is 0 Å². The summed E-state index contributed by atoms with van der Waals surface area (Å²) in [6, 6.07) is 10.3. The maximum atomic E-state index is 11.2. The SMILES string of the molecule is CCOC(=O)CCCNC(=NC)NCCc1ccccc1.I. The Bertz CT molecular complexity index is 438. The highest BCUT2D eigenvalue weighted by molar-refractivity contribution is 14.0. The third-order valence-electron chi connectivity index (χ3n) is 2.93. The summed E-state index contributed by atoms with van der Waals surface area (Å²) < 4.78 is 4.88. The molecule has 1 rings (SSSR count). The molecule has 0 amide bonds. The number of halogens is 1. The molecule has 2 N–H and O–H groups in total. The Labute approximate surface area is 149 Å².